The molecule has 0 bridgehead atoms. The molecule has 0 radical (unpaired) electrons. The second kappa shape index (κ2) is 5.07. The summed E-state index contributed by atoms with van der Waals surface area (Å²) < 4.78 is 12.0. The van der Waals surface area contributed by atoms with Gasteiger partial charge in [0.15, 0.2) is 0 Å². The van der Waals surface area contributed by atoms with Crippen LogP contribution < -0.4 is 0 Å². The van der Waals surface area contributed by atoms with E-state index in [9.17, 15) is 0 Å². The third-order valence-electron chi connectivity index (χ3n) is 3.67. The largest absolute Gasteiger partial charge is 0.372 e. The summed E-state index contributed by atoms with van der Waals surface area (Å²) in [6.07, 6.45) is 5.40. The average molecular weight is 230 g/mol. The van der Waals surface area contributed by atoms with Gasteiger partial charge in [0.1, 0.15) is 5.60 Å². The molecule has 15 heavy (non-hydrogen) atoms. The maximum Gasteiger partial charge on any atom is 0.107 e. The van der Waals surface area contributed by atoms with Gasteiger partial charge in [0.25, 0.3) is 0 Å². The van der Waals surface area contributed by atoms with Crippen molar-refractivity contribution in [3.63, 3.8) is 0 Å². The van der Waals surface area contributed by atoms with E-state index >= 15 is 0 Å². The quantitative estimate of drug-likeness (QED) is 0.692. The van der Waals surface area contributed by atoms with Crippen molar-refractivity contribution >= 4 is 11.8 Å². The summed E-state index contributed by atoms with van der Waals surface area (Å²) in [5.74, 6) is 1.12. The SMILES string of the molecule is CCCCCC12OCCOC1CSC2C. The zero-order valence-corrected chi connectivity index (χ0v) is 10.6. The van der Waals surface area contributed by atoms with E-state index in [-0.39, 0.29) is 5.60 Å². The van der Waals surface area contributed by atoms with Crippen LogP contribution in [0, 0.1) is 0 Å². The molecule has 0 aliphatic carbocycles. The Balaban J connectivity index is 1.99. The number of rotatable bonds is 4. The molecule has 0 N–H and O–H groups in total. The minimum atomic E-state index is 0.0398. The van der Waals surface area contributed by atoms with Crippen molar-refractivity contribution in [3.8, 4) is 0 Å². The Morgan fingerprint density at radius 2 is 2.20 bits per heavy atom. The molecular weight excluding hydrogens is 208 g/mol. The summed E-state index contributed by atoms with van der Waals surface area (Å²) in [5.41, 5.74) is 0.0398. The molecule has 3 atom stereocenters. The lowest BCUT2D eigenvalue weighted by molar-refractivity contribution is -0.192. The molecule has 0 aromatic rings. The van der Waals surface area contributed by atoms with Gasteiger partial charge in [-0.1, -0.05) is 33.1 Å². The Morgan fingerprint density at radius 3 is 3.00 bits per heavy atom. The molecule has 2 heterocycles. The van der Waals surface area contributed by atoms with E-state index in [1.54, 1.807) is 0 Å². The van der Waals surface area contributed by atoms with Crippen LogP contribution in [0.25, 0.3) is 0 Å². The Kier molecular flexibility index (Phi) is 3.97. The molecule has 2 aliphatic rings. The first-order valence-electron chi connectivity index (χ1n) is 6.17. The zero-order valence-electron chi connectivity index (χ0n) is 9.83. The number of hydrogen-bond donors (Lipinski definition) is 0. The Labute approximate surface area is 97.1 Å². The highest BCUT2D eigenvalue weighted by atomic mass is 32.2. The van der Waals surface area contributed by atoms with Crippen molar-refractivity contribution in [1.29, 1.82) is 0 Å². The van der Waals surface area contributed by atoms with Gasteiger partial charge in [0, 0.05) is 11.0 Å². The van der Waals surface area contributed by atoms with Crippen molar-refractivity contribution in [2.24, 2.45) is 0 Å². The van der Waals surface area contributed by atoms with Crippen molar-refractivity contribution in [2.75, 3.05) is 19.0 Å². The predicted octanol–water partition coefficient (Wildman–Crippen LogP) is 2.86. The highest BCUT2D eigenvalue weighted by Gasteiger charge is 2.51. The fourth-order valence-electron chi connectivity index (χ4n) is 2.68. The molecular formula is C12H22O2S. The molecule has 3 unspecified atom stereocenters. The van der Waals surface area contributed by atoms with Crippen LogP contribution in [0.1, 0.15) is 39.5 Å². The van der Waals surface area contributed by atoms with Crippen molar-refractivity contribution in [2.45, 2.75) is 56.5 Å². The molecule has 0 saturated carbocycles. The fraction of sp³-hybridized carbons (Fsp3) is 1.00. The van der Waals surface area contributed by atoms with Crippen LogP contribution in [-0.2, 0) is 9.47 Å². The van der Waals surface area contributed by atoms with Crippen LogP contribution in [0.5, 0.6) is 0 Å². The second-order valence-electron chi connectivity index (χ2n) is 4.60. The number of ether oxygens (including phenoxy) is 2. The molecule has 0 spiro atoms. The van der Waals surface area contributed by atoms with Crippen LogP contribution in [-0.4, -0.2) is 35.9 Å². The number of thioether (sulfide) groups is 1. The van der Waals surface area contributed by atoms with Crippen LogP contribution in [0.3, 0.4) is 0 Å². The summed E-state index contributed by atoms with van der Waals surface area (Å²) in [4.78, 5) is 0. The van der Waals surface area contributed by atoms with Gasteiger partial charge in [-0.15, -0.1) is 0 Å². The fourth-order valence-corrected chi connectivity index (χ4v) is 4.15. The Hall–Kier alpha value is 0.270. The molecule has 2 aliphatic heterocycles. The maximum atomic E-state index is 6.10. The lowest BCUT2D eigenvalue weighted by atomic mass is 9.87. The van der Waals surface area contributed by atoms with E-state index in [0.29, 0.717) is 11.4 Å². The third kappa shape index (κ3) is 2.20. The van der Waals surface area contributed by atoms with Crippen LogP contribution >= 0.6 is 11.8 Å². The monoisotopic (exact) mass is 230 g/mol. The number of unbranched alkanes of at least 4 members (excludes halogenated alkanes) is 2. The topological polar surface area (TPSA) is 18.5 Å². The molecule has 2 fully saturated rings. The average Bonchev–Trinajstić information content (AvgIpc) is 2.58. The summed E-state index contributed by atoms with van der Waals surface area (Å²) in [6.45, 7) is 6.12. The van der Waals surface area contributed by atoms with Gasteiger partial charge < -0.3 is 9.47 Å². The standard InChI is InChI=1S/C12H22O2S/c1-3-4-5-6-12-10(2)15-9-11(12)13-7-8-14-12/h10-11H,3-9H2,1-2H3. The minimum Gasteiger partial charge on any atom is -0.372 e. The van der Waals surface area contributed by atoms with E-state index in [1.165, 1.54) is 25.7 Å². The molecule has 2 nitrogen and oxygen atoms in total. The molecule has 0 amide bonds. The lowest BCUT2D eigenvalue weighted by Gasteiger charge is -2.41. The summed E-state index contributed by atoms with van der Waals surface area (Å²) in [7, 11) is 0. The van der Waals surface area contributed by atoms with Crippen molar-refractivity contribution in [1.82, 2.24) is 0 Å². The Bertz CT molecular complexity index is 208. The number of fused-ring (bicyclic) bond motifs is 1. The van der Waals surface area contributed by atoms with Crippen LogP contribution in [0.4, 0.5) is 0 Å². The second-order valence-corrected chi connectivity index (χ2v) is 5.97. The highest BCUT2D eigenvalue weighted by molar-refractivity contribution is 8.00. The van der Waals surface area contributed by atoms with Gasteiger partial charge in [-0.25, -0.2) is 0 Å². The maximum absolute atomic E-state index is 6.10. The molecule has 2 rings (SSSR count). The lowest BCUT2D eigenvalue weighted by Crippen LogP contribution is -2.53. The van der Waals surface area contributed by atoms with E-state index in [2.05, 4.69) is 13.8 Å². The highest BCUT2D eigenvalue weighted by Crippen LogP contribution is 2.45. The molecule has 0 aromatic carbocycles. The van der Waals surface area contributed by atoms with Crippen molar-refractivity contribution < 1.29 is 9.47 Å². The van der Waals surface area contributed by atoms with Crippen molar-refractivity contribution in [3.05, 3.63) is 0 Å². The summed E-state index contributed by atoms with van der Waals surface area (Å²) in [5, 5.41) is 0.597. The molecule has 0 aromatic heterocycles. The third-order valence-corrected chi connectivity index (χ3v) is 5.07. The summed E-state index contributed by atoms with van der Waals surface area (Å²) >= 11 is 2.01. The van der Waals surface area contributed by atoms with E-state index in [0.717, 1.165) is 19.0 Å². The van der Waals surface area contributed by atoms with Gasteiger partial charge in [-0.3, -0.25) is 0 Å². The van der Waals surface area contributed by atoms with E-state index < -0.39 is 0 Å². The minimum absolute atomic E-state index is 0.0398. The zero-order chi connectivity index (χ0) is 10.7. The molecule has 88 valence electrons. The van der Waals surface area contributed by atoms with Crippen LogP contribution in [0.2, 0.25) is 0 Å². The molecule has 3 heteroatoms. The van der Waals surface area contributed by atoms with Gasteiger partial charge in [-0.05, 0) is 6.42 Å². The van der Waals surface area contributed by atoms with Gasteiger partial charge in [0.2, 0.25) is 0 Å². The first-order valence-corrected chi connectivity index (χ1v) is 7.21. The molecule has 2 saturated heterocycles. The van der Waals surface area contributed by atoms with E-state index in [1.807, 2.05) is 11.8 Å². The smallest absolute Gasteiger partial charge is 0.107 e. The van der Waals surface area contributed by atoms with Crippen LogP contribution in [0.15, 0.2) is 0 Å². The predicted molar refractivity (Wildman–Crippen MR) is 64.5 cm³/mol. The summed E-state index contributed by atoms with van der Waals surface area (Å²) in [6, 6.07) is 0. The van der Waals surface area contributed by atoms with Gasteiger partial charge >= 0.3 is 0 Å². The van der Waals surface area contributed by atoms with E-state index in [4.69, 9.17) is 9.47 Å². The Morgan fingerprint density at radius 1 is 1.33 bits per heavy atom. The number of hydrogen-bond acceptors (Lipinski definition) is 3. The van der Waals surface area contributed by atoms with Gasteiger partial charge in [-0.2, -0.15) is 11.8 Å². The first-order chi connectivity index (χ1) is 7.29. The van der Waals surface area contributed by atoms with Gasteiger partial charge in [0.05, 0.1) is 19.3 Å². The first kappa shape index (κ1) is 11.7. The normalized spacial score (nSPS) is 40.4.